The van der Waals surface area contributed by atoms with Crippen molar-refractivity contribution in [1.82, 2.24) is 5.32 Å². The fourth-order valence-corrected chi connectivity index (χ4v) is 2.89. The second-order valence-corrected chi connectivity index (χ2v) is 5.45. The van der Waals surface area contributed by atoms with E-state index in [1.54, 1.807) is 0 Å². The van der Waals surface area contributed by atoms with Gasteiger partial charge in [-0.05, 0) is 51.8 Å². The minimum absolute atomic E-state index is 0.163. The van der Waals surface area contributed by atoms with Gasteiger partial charge in [0.05, 0.1) is 0 Å². The molecule has 1 amide bonds. The molecule has 0 radical (unpaired) electrons. The summed E-state index contributed by atoms with van der Waals surface area (Å²) < 4.78 is 0. The molecule has 1 aromatic carbocycles. The number of benzene rings is 1. The molecule has 2 unspecified atom stereocenters. The predicted molar refractivity (Wildman–Crippen MR) is 79.4 cm³/mol. The molecule has 0 bridgehead atoms. The molecule has 19 heavy (non-hydrogen) atoms. The van der Waals surface area contributed by atoms with Crippen LogP contribution in [0.15, 0.2) is 24.3 Å². The van der Waals surface area contributed by atoms with E-state index < -0.39 is 0 Å². The van der Waals surface area contributed by atoms with E-state index in [1.807, 2.05) is 23.1 Å². The molecule has 1 aromatic rings. The first-order valence-corrected chi connectivity index (χ1v) is 7.24. The number of carbonyl (C=O) groups excluding carboxylic acids is 1. The minimum atomic E-state index is 0.163. The molecule has 0 aromatic heterocycles. The maximum Gasteiger partial charge on any atom is 0.230 e. The number of rotatable bonds is 3. The van der Waals surface area contributed by atoms with Crippen LogP contribution in [-0.2, 0) is 4.79 Å². The van der Waals surface area contributed by atoms with E-state index in [9.17, 15) is 4.79 Å². The normalized spacial score (nSPS) is 23.1. The van der Waals surface area contributed by atoms with Crippen molar-refractivity contribution in [3.05, 3.63) is 29.8 Å². The molecule has 1 aliphatic heterocycles. The summed E-state index contributed by atoms with van der Waals surface area (Å²) in [5, 5.41) is 3.40. The smallest absolute Gasteiger partial charge is 0.230 e. The highest BCUT2D eigenvalue weighted by molar-refractivity contribution is 5.95. The third-order valence-electron chi connectivity index (χ3n) is 3.96. The van der Waals surface area contributed by atoms with Gasteiger partial charge < -0.3 is 10.2 Å². The van der Waals surface area contributed by atoms with Gasteiger partial charge in [-0.2, -0.15) is 0 Å². The molecular formula is C16H24N2O. The molecule has 104 valence electrons. The van der Waals surface area contributed by atoms with Gasteiger partial charge in [-0.15, -0.1) is 0 Å². The minimum Gasteiger partial charge on any atom is -0.314 e. The SMILES string of the molecule is CCN(C(=O)C1CCNC(C)C1)c1ccccc1C. The summed E-state index contributed by atoms with van der Waals surface area (Å²) in [7, 11) is 0. The number of aryl methyl sites for hydroxylation is 1. The van der Waals surface area contributed by atoms with Gasteiger partial charge in [-0.1, -0.05) is 18.2 Å². The van der Waals surface area contributed by atoms with Crippen molar-refractivity contribution in [2.24, 2.45) is 5.92 Å². The van der Waals surface area contributed by atoms with E-state index in [4.69, 9.17) is 0 Å². The highest BCUT2D eigenvalue weighted by Gasteiger charge is 2.28. The lowest BCUT2D eigenvalue weighted by molar-refractivity contribution is -0.123. The Kier molecular flexibility index (Phi) is 4.59. The summed E-state index contributed by atoms with van der Waals surface area (Å²) in [6.07, 6.45) is 1.90. The second-order valence-electron chi connectivity index (χ2n) is 5.45. The third kappa shape index (κ3) is 3.16. The number of hydrogen-bond donors (Lipinski definition) is 1. The number of para-hydroxylation sites is 1. The zero-order valence-corrected chi connectivity index (χ0v) is 12.1. The Morgan fingerprint density at radius 2 is 2.16 bits per heavy atom. The van der Waals surface area contributed by atoms with E-state index >= 15 is 0 Å². The number of hydrogen-bond acceptors (Lipinski definition) is 2. The van der Waals surface area contributed by atoms with Crippen LogP contribution in [0.1, 0.15) is 32.3 Å². The number of piperidine rings is 1. The Morgan fingerprint density at radius 3 is 2.79 bits per heavy atom. The van der Waals surface area contributed by atoms with Crippen molar-refractivity contribution in [2.45, 2.75) is 39.7 Å². The first kappa shape index (κ1) is 14.1. The van der Waals surface area contributed by atoms with E-state index in [0.717, 1.165) is 31.6 Å². The zero-order valence-electron chi connectivity index (χ0n) is 12.1. The molecular weight excluding hydrogens is 236 g/mol. The van der Waals surface area contributed by atoms with Crippen LogP contribution >= 0.6 is 0 Å². The standard InChI is InChI=1S/C16H24N2O/c1-4-18(15-8-6-5-7-12(15)2)16(19)14-9-10-17-13(3)11-14/h5-8,13-14,17H,4,9-11H2,1-3H3. The second kappa shape index (κ2) is 6.20. The van der Waals surface area contributed by atoms with Crippen molar-refractivity contribution in [3.63, 3.8) is 0 Å². The maximum absolute atomic E-state index is 12.7. The molecule has 3 nitrogen and oxygen atoms in total. The number of anilines is 1. The summed E-state index contributed by atoms with van der Waals surface area (Å²) in [6.45, 7) is 7.96. The zero-order chi connectivity index (χ0) is 13.8. The average molecular weight is 260 g/mol. The van der Waals surface area contributed by atoms with Crippen molar-refractivity contribution in [1.29, 1.82) is 0 Å². The summed E-state index contributed by atoms with van der Waals surface area (Å²) in [5.41, 5.74) is 2.22. The van der Waals surface area contributed by atoms with Crippen LogP contribution in [0.5, 0.6) is 0 Å². The summed E-state index contributed by atoms with van der Waals surface area (Å²) >= 11 is 0. The summed E-state index contributed by atoms with van der Waals surface area (Å²) in [5.74, 6) is 0.445. The molecule has 3 heteroatoms. The Bertz CT molecular complexity index is 444. The van der Waals surface area contributed by atoms with Gasteiger partial charge in [0.15, 0.2) is 0 Å². The van der Waals surface area contributed by atoms with Gasteiger partial charge in [-0.25, -0.2) is 0 Å². The lowest BCUT2D eigenvalue weighted by Crippen LogP contribution is -2.44. The maximum atomic E-state index is 12.7. The quantitative estimate of drug-likeness (QED) is 0.906. The number of carbonyl (C=O) groups is 1. The van der Waals surface area contributed by atoms with E-state index in [1.165, 1.54) is 5.56 Å². The van der Waals surface area contributed by atoms with E-state index in [-0.39, 0.29) is 11.8 Å². The van der Waals surface area contributed by atoms with Gasteiger partial charge in [0.2, 0.25) is 5.91 Å². The topological polar surface area (TPSA) is 32.3 Å². The molecule has 1 heterocycles. The fraction of sp³-hybridized carbons (Fsp3) is 0.562. The predicted octanol–water partition coefficient (Wildman–Crippen LogP) is 2.74. The average Bonchev–Trinajstić information content (AvgIpc) is 2.41. The van der Waals surface area contributed by atoms with E-state index in [0.29, 0.717) is 6.04 Å². The molecule has 0 saturated carbocycles. The molecule has 1 aliphatic rings. The first-order valence-electron chi connectivity index (χ1n) is 7.24. The number of amides is 1. The monoisotopic (exact) mass is 260 g/mol. The van der Waals surface area contributed by atoms with Gasteiger partial charge in [0.1, 0.15) is 0 Å². The summed E-state index contributed by atoms with van der Waals surface area (Å²) in [6, 6.07) is 8.57. The van der Waals surface area contributed by atoms with Crippen LogP contribution in [0.25, 0.3) is 0 Å². The van der Waals surface area contributed by atoms with Crippen LogP contribution in [-0.4, -0.2) is 25.0 Å². The molecule has 1 fully saturated rings. The lowest BCUT2D eigenvalue weighted by atomic mass is 9.91. The van der Waals surface area contributed by atoms with Gasteiger partial charge >= 0.3 is 0 Å². The first-order chi connectivity index (χ1) is 9.13. The molecule has 2 rings (SSSR count). The Morgan fingerprint density at radius 1 is 1.42 bits per heavy atom. The Labute approximate surface area is 116 Å². The highest BCUT2D eigenvalue weighted by Crippen LogP contribution is 2.25. The van der Waals surface area contributed by atoms with Gasteiger partial charge in [-0.3, -0.25) is 4.79 Å². The number of nitrogens with one attached hydrogen (secondary N) is 1. The van der Waals surface area contributed by atoms with Crippen LogP contribution in [0, 0.1) is 12.8 Å². The lowest BCUT2D eigenvalue weighted by Gasteiger charge is -2.32. The largest absolute Gasteiger partial charge is 0.314 e. The molecule has 0 aliphatic carbocycles. The Balaban J connectivity index is 2.17. The van der Waals surface area contributed by atoms with Gasteiger partial charge in [0, 0.05) is 24.2 Å². The third-order valence-corrected chi connectivity index (χ3v) is 3.96. The van der Waals surface area contributed by atoms with Crippen LogP contribution in [0.4, 0.5) is 5.69 Å². The Hall–Kier alpha value is -1.35. The summed E-state index contributed by atoms with van der Waals surface area (Å²) in [4.78, 5) is 14.7. The highest BCUT2D eigenvalue weighted by atomic mass is 16.2. The van der Waals surface area contributed by atoms with Crippen LogP contribution < -0.4 is 10.2 Å². The van der Waals surface area contributed by atoms with Crippen molar-refractivity contribution >= 4 is 11.6 Å². The number of nitrogens with zero attached hydrogens (tertiary/aromatic N) is 1. The molecule has 2 atom stereocenters. The van der Waals surface area contributed by atoms with Crippen molar-refractivity contribution < 1.29 is 4.79 Å². The molecule has 1 N–H and O–H groups in total. The van der Waals surface area contributed by atoms with Crippen LogP contribution in [0.3, 0.4) is 0 Å². The van der Waals surface area contributed by atoms with E-state index in [2.05, 4.69) is 32.2 Å². The van der Waals surface area contributed by atoms with Crippen molar-refractivity contribution in [3.8, 4) is 0 Å². The molecule has 1 saturated heterocycles. The van der Waals surface area contributed by atoms with Gasteiger partial charge in [0.25, 0.3) is 0 Å². The van der Waals surface area contributed by atoms with Crippen molar-refractivity contribution in [2.75, 3.05) is 18.0 Å². The molecule has 0 spiro atoms. The van der Waals surface area contributed by atoms with Crippen LogP contribution in [0.2, 0.25) is 0 Å². The fourth-order valence-electron chi connectivity index (χ4n) is 2.89.